The SMILES string of the molecule is COc1ccc(CNc2cc(C(=O)Nc3ccc(OC)cc3)ncn2)cc1. The highest BCUT2D eigenvalue weighted by Gasteiger charge is 2.09. The summed E-state index contributed by atoms with van der Waals surface area (Å²) in [5.41, 5.74) is 2.00. The first-order valence-corrected chi connectivity index (χ1v) is 8.32. The van der Waals surface area contributed by atoms with E-state index in [2.05, 4.69) is 20.6 Å². The highest BCUT2D eigenvalue weighted by atomic mass is 16.5. The normalized spacial score (nSPS) is 10.1. The summed E-state index contributed by atoms with van der Waals surface area (Å²) in [5.74, 6) is 1.79. The van der Waals surface area contributed by atoms with Crippen LogP contribution in [0.2, 0.25) is 0 Å². The van der Waals surface area contributed by atoms with Gasteiger partial charge in [0.1, 0.15) is 29.3 Å². The van der Waals surface area contributed by atoms with E-state index in [1.807, 2.05) is 24.3 Å². The van der Waals surface area contributed by atoms with Gasteiger partial charge in [0, 0.05) is 18.3 Å². The number of hydrogen-bond acceptors (Lipinski definition) is 6. The zero-order valence-corrected chi connectivity index (χ0v) is 15.1. The average Bonchev–Trinajstić information content (AvgIpc) is 2.73. The van der Waals surface area contributed by atoms with Gasteiger partial charge in [-0.2, -0.15) is 0 Å². The molecule has 0 fully saturated rings. The Morgan fingerprint density at radius 3 is 2.19 bits per heavy atom. The van der Waals surface area contributed by atoms with Crippen LogP contribution in [0.3, 0.4) is 0 Å². The molecular weight excluding hydrogens is 344 g/mol. The van der Waals surface area contributed by atoms with Crippen LogP contribution in [0.5, 0.6) is 11.5 Å². The molecule has 0 aliphatic rings. The zero-order chi connectivity index (χ0) is 19.1. The number of nitrogens with zero attached hydrogens (tertiary/aromatic N) is 2. The molecule has 3 aromatic rings. The van der Waals surface area contributed by atoms with Crippen molar-refractivity contribution in [1.29, 1.82) is 0 Å². The minimum absolute atomic E-state index is 0.276. The lowest BCUT2D eigenvalue weighted by molar-refractivity contribution is 0.102. The highest BCUT2D eigenvalue weighted by molar-refractivity contribution is 6.03. The second-order valence-corrected chi connectivity index (χ2v) is 5.67. The molecule has 0 unspecified atom stereocenters. The summed E-state index contributed by atoms with van der Waals surface area (Å²) in [7, 11) is 3.22. The molecule has 1 heterocycles. The molecule has 2 N–H and O–H groups in total. The predicted molar refractivity (Wildman–Crippen MR) is 103 cm³/mol. The minimum Gasteiger partial charge on any atom is -0.497 e. The summed E-state index contributed by atoms with van der Waals surface area (Å²) in [4.78, 5) is 20.6. The Morgan fingerprint density at radius 1 is 0.926 bits per heavy atom. The van der Waals surface area contributed by atoms with Crippen LogP contribution in [-0.2, 0) is 6.54 Å². The summed E-state index contributed by atoms with van der Waals surface area (Å²) in [6.45, 7) is 0.570. The number of methoxy groups -OCH3 is 2. The van der Waals surface area contributed by atoms with E-state index < -0.39 is 0 Å². The van der Waals surface area contributed by atoms with Crippen LogP contribution < -0.4 is 20.1 Å². The number of carbonyl (C=O) groups is 1. The summed E-state index contributed by atoms with van der Waals surface area (Å²) in [6.07, 6.45) is 1.36. The standard InChI is InChI=1S/C20H20N4O3/c1-26-16-7-3-14(4-8-16)12-21-19-11-18(22-13-23-19)20(25)24-15-5-9-17(27-2)10-6-15/h3-11,13H,12H2,1-2H3,(H,24,25)(H,21,22,23). The van der Waals surface area contributed by atoms with E-state index in [-0.39, 0.29) is 11.6 Å². The lowest BCUT2D eigenvalue weighted by atomic mass is 10.2. The van der Waals surface area contributed by atoms with Crippen LogP contribution >= 0.6 is 0 Å². The third-order valence-electron chi connectivity index (χ3n) is 3.88. The van der Waals surface area contributed by atoms with E-state index in [1.165, 1.54) is 6.33 Å². The van der Waals surface area contributed by atoms with Crippen LogP contribution in [0.25, 0.3) is 0 Å². The fourth-order valence-electron chi connectivity index (χ4n) is 2.38. The van der Waals surface area contributed by atoms with Crippen molar-refractivity contribution in [2.45, 2.75) is 6.54 Å². The lowest BCUT2D eigenvalue weighted by Crippen LogP contribution is -2.14. The van der Waals surface area contributed by atoms with Gasteiger partial charge in [-0.05, 0) is 42.0 Å². The quantitative estimate of drug-likeness (QED) is 0.669. The Bertz CT molecular complexity index is 896. The van der Waals surface area contributed by atoms with Crippen molar-refractivity contribution in [3.63, 3.8) is 0 Å². The monoisotopic (exact) mass is 364 g/mol. The molecule has 138 valence electrons. The number of rotatable bonds is 7. The summed E-state index contributed by atoms with van der Waals surface area (Å²) < 4.78 is 10.2. The van der Waals surface area contributed by atoms with Crippen LogP contribution in [0.15, 0.2) is 60.9 Å². The number of carbonyl (C=O) groups excluding carboxylic acids is 1. The van der Waals surface area contributed by atoms with Gasteiger partial charge in [0.15, 0.2) is 0 Å². The molecule has 0 bridgehead atoms. The Hall–Kier alpha value is -3.61. The number of benzene rings is 2. The van der Waals surface area contributed by atoms with Crippen molar-refractivity contribution in [2.75, 3.05) is 24.9 Å². The van der Waals surface area contributed by atoms with Crippen molar-refractivity contribution in [3.05, 3.63) is 72.2 Å². The predicted octanol–water partition coefficient (Wildman–Crippen LogP) is 3.36. The second kappa shape index (κ2) is 8.66. The van der Waals surface area contributed by atoms with Gasteiger partial charge in [-0.3, -0.25) is 4.79 Å². The molecule has 0 aliphatic heterocycles. The van der Waals surface area contributed by atoms with Crippen molar-refractivity contribution >= 4 is 17.4 Å². The molecule has 0 radical (unpaired) electrons. The average molecular weight is 364 g/mol. The van der Waals surface area contributed by atoms with Crippen LogP contribution in [0.1, 0.15) is 16.1 Å². The summed E-state index contributed by atoms with van der Waals surface area (Å²) in [5, 5.41) is 5.98. The van der Waals surface area contributed by atoms with Crippen molar-refractivity contribution in [1.82, 2.24) is 9.97 Å². The van der Waals surface area contributed by atoms with E-state index in [4.69, 9.17) is 9.47 Å². The first-order valence-electron chi connectivity index (χ1n) is 8.32. The van der Waals surface area contributed by atoms with Gasteiger partial charge in [0.25, 0.3) is 5.91 Å². The Kier molecular flexibility index (Phi) is 5.84. The van der Waals surface area contributed by atoms with Gasteiger partial charge in [0.2, 0.25) is 0 Å². The molecule has 3 rings (SSSR count). The Labute approximate surface area is 157 Å². The van der Waals surface area contributed by atoms with Crippen molar-refractivity contribution in [3.8, 4) is 11.5 Å². The van der Waals surface area contributed by atoms with Crippen LogP contribution in [0, 0.1) is 0 Å². The second-order valence-electron chi connectivity index (χ2n) is 5.67. The maximum absolute atomic E-state index is 12.4. The number of nitrogens with one attached hydrogen (secondary N) is 2. The van der Waals surface area contributed by atoms with Gasteiger partial charge in [-0.25, -0.2) is 9.97 Å². The van der Waals surface area contributed by atoms with Gasteiger partial charge in [-0.1, -0.05) is 12.1 Å². The van der Waals surface area contributed by atoms with E-state index in [0.29, 0.717) is 18.1 Å². The maximum atomic E-state index is 12.4. The molecule has 7 nitrogen and oxygen atoms in total. The fraction of sp³-hybridized carbons (Fsp3) is 0.150. The number of amides is 1. The molecule has 27 heavy (non-hydrogen) atoms. The maximum Gasteiger partial charge on any atom is 0.274 e. The van der Waals surface area contributed by atoms with Crippen LogP contribution in [0.4, 0.5) is 11.5 Å². The smallest absolute Gasteiger partial charge is 0.274 e. The van der Waals surface area contributed by atoms with E-state index in [0.717, 1.165) is 17.1 Å². The molecule has 0 atom stereocenters. The van der Waals surface area contributed by atoms with Crippen LogP contribution in [-0.4, -0.2) is 30.1 Å². The fourth-order valence-corrected chi connectivity index (χ4v) is 2.38. The number of aromatic nitrogens is 2. The largest absolute Gasteiger partial charge is 0.497 e. The molecule has 0 saturated carbocycles. The lowest BCUT2D eigenvalue weighted by Gasteiger charge is -2.09. The minimum atomic E-state index is -0.310. The third kappa shape index (κ3) is 4.94. The number of anilines is 2. The van der Waals surface area contributed by atoms with Crippen molar-refractivity contribution in [2.24, 2.45) is 0 Å². The third-order valence-corrected chi connectivity index (χ3v) is 3.88. The molecule has 0 aliphatic carbocycles. The molecule has 2 aromatic carbocycles. The summed E-state index contributed by atoms with van der Waals surface area (Å²) >= 11 is 0. The highest BCUT2D eigenvalue weighted by Crippen LogP contribution is 2.16. The Balaban J connectivity index is 1.62. The summed E-state index contributed by atoms with van der Waals surface area (Å²) in [6, 6.07) is 16.4. The number of hydrogen-bond donors (Lipinski definition) is 2. The molecule has 1 amide bonds. The van der Waals surface area contributed by atoms with E-state index in [1.54, 1.807) is 44.6 Å². The van der Waals surface area contributed by atoms with Gasteiger partial charge in [0.05, 0.1) is 14.2 Å². The van der Waals surface area contributed by atoms with Gasteiger partial charge in [-0.15, -0.1) is 0 Å². The molecule has 0 saturated heterocycles. The zero-order valence-electron chi connectivity index (χ0n) is 15.1. The van der Waals surface area contributed by atoms with E-state index in [9.17, 15) is 4.79 Å². The molecule has 1 aromatic heterocycles. The van der Waals surface area contributed by atoms with Gasteiger partial charge < -0.3 is 20.1 Å². The Morgan fingerprint density at radius 2 is 1.56 bits per heavy atom. The molecule has 0 spiro atoms. The topological polar surface area (TPSA) is 85.4 Å². The molecule has 7 heteroatoms. The number of ether oxygens (including phenoxy) is 2. The van der Waals surface area contributed by atoms with Gasteiger partial charge >= 0.3 is 0 Å². The first kappa shape index (κ1) is 18.2. The van der Waals surface area contributed by atoms with Crippen molar-refractivity contribution < 1.29 is 14.3 Å². The molecular formula is C20H20N4O3. The first-order chi connectivity index (χ1) is 13.2. The van der Waals surface area contributed by atoms with E-state index >= 15 is 0 Å².